The van der Waals surface area contributed by atoms with Gasteiger partial charge in [-0.15, -0.1) is 0 Å². The summed E-state index contributed by atoms with van der Waals surface area (Å²) in [7, 11) is 1.94. The van der Waals surface area contributed by atoms with Gasteiger partial charge in [0, 0.05) is 38.5 Å². The van der Waals surface area contributed by atoms with Crippen molar-refractivity contribution in [2.45, 2.75) is 51.1 Å². The number of amides is 1. The van der Waals surface area contributed by atoms with Crippen molar-refractivity contribution < 1.29 is 29.6 Å². The molecule has 0 saturated carbocycles. The van der Waals surface area contributed by atoms with Gasteiger partial charge in [0.15, 0.2) is 6.29 Å². The normalized spacial score (nSPS) is 19.1. The van der Waals surface area contributed by atoms with Crippen molar-refractivity contribution in [1.29, 1.82) is 0 Å². The summed E-state index contributed by atoms with van der Waals surface area (Å²) in [5.41, 5.74) is 6.43. The molecule has 1 amide bonds. The van der Waals surface area contributed by atoms with Crippen molar-refractivity contribution in [3.63, 3.8) is 0 Å². The SMILES string of the molecule is CC(=O)NCc1cccc(-c2cccc([C@@H]3O[C@H](CN(C)C[C@@H](O)c4cccc(O)c4)C[C@H](c4ccc(CO)cc4)O3)c2)c1. The van der Waals surface area contributed by atoms with Crippen LogP contribution >= 0.6 is 0 Å². The molecule has 4 aromatic carbocycles. The van der Waals surface area contributed by atoms with Crippen LogP contribution in [0.2, 0.25) is 0 Å². The van der Waals surface area contributed by atoms with Crippen LogP contribution in [0.25, 0.3) is 11.1 Å². The van der Waals surface area contributed by atoms with Crippen molar-refractivity contribution in [3.05, 3.63) is 125 Å². The van der Waals surface area contributed by atoms with Crippen LogP contribution < -0.4 is 5.32 Å². The number of aromatic hydroxyl groups is 1. The molecule has 0 bridgehead atoms. The van der Waals surface area contributed by atoms with Crippen LogP contribution in [0.15, 0.2) is 97.1 Å². The fourth-order valence-electron chi connectivity index (χ4n) is 5.54. The fraction of sp³-hybridized carbons (Fsp3) is 0.306. The summed E-state index contributed by atoms with van der Waals surface area (Å²) in [6.07, 6.45) is -1.19. The summed E-state index contributed by atoms with van der Waals surface area (Å²) in [6, 6.07) is 30.7. The van der Waals surface area contributed by atoms with Crippen LogP contribution in [0.5, 0.6) is 5.75 Å². The topological polar surface area (TPSA) is 111 Å². The van der Waals surface area contributed by atoms with Crippen molar-refractivity contribution in [2.75, 3.05) is 20.1 Å². The molecule has 1 aliphatic heterocycles. The number of carbonyl (C=O) groups excluding carboxylic acids is 1. The number of aliphatic hydroxyl groups is 2. The molecule has 0 spiro atoms. The number of nitrogens with one attached hydrogen (secondary N) is 1. The van der Waals surface area contributed by atoms with E-state index in [0.29, 0.717) is 31.6 Å². The number of phenols is 1. The lowest BCUT2D eigenvalue weighted by Gasteiger charge is -2.38. The zero-order valence-electron chi connectivity index (χ0n) is 25.1. The number of likely N-dealkylation sites (N-methyl/N-ethyl adjacent to an activating group) is 1. The van der Waals surface area contributed by atoms with Gasteiger partial charge in [-0.3, -0.25) is 4.79 Å². The Morgan fingerprint density at radius 3 is 2.36 bits per heavy atom. The maximum Gasteiger partial charge on any atom is 0.217 e. The lowest BCUT2D eigenvalue weighted by Crippen LogP contribution is -2.39. The number of ether oxygens (including phenoxy) is 2. The van der Waals surface area contributed by atoms with E-state index < -0.39 is 12.4 Å². The summed E-state index contributed by atoms with van der Waals surface area (Å²) in [4.78, 5) is 13.4. The lowest BCUT2D eigenvalue weighted by molar-refractivity contribution is -0.252. The second kappa shape index (κ2) is 14.6. The van der Waals surface area contributed by atoms with Gasteiger partial charge >= 0.3 is 0 Å². The van der Waals surface area contributed by atoms with Gasteiger partial charge in [0.05, 0.1) is 24.9 Å². The van der Waals surface area contributed by atoms with Gasteiger partial charge in [0.2, 0.25) is 5.91 Å². The van der Waals surface area contributed by atoms with Crippen LogP contribution in [0.1, 0.15) is 59.7 Å². The van der Waals surface area contributed by atoms with E-state index in [4.69, 9.17) is 9.47 Å². The number of nitrogens with zero attached hydrogens (tertiary/aromatic N) is 1. The predicted octanol–water partition coefficient (Wildman–Crippen LogP) is 5.40. The molecular weight excluding hydrogens is 556 g/mol. The van der Waals surface area contributed by atoms with Crippen molar-refractivity contribution in [2.24, 2.45) is 0 Å². The molecule has 4 N–H and O–H groups in total. The van der Waals surface area contributed by atoms with E-state index in [-0.39, 0.29) is 30.5 Å². The quantitative estimate of drug-likeness (QED) is 0.184. The number of hydrogen-bond donors (Lipinski definition) is 4. The Morgan fingerprint density at radius 1 is 0.909 bits per heavy atom. The van der Waals surface area contributed by atoms with E-state index in [1.165, 1.54) is 6.92 Å². The molecule has 1 saturated heterocycles. The first-order valence-electron chi connectivity index (χ1n) is 14.9. The smallest absolute Gasteiger partial charge is 0.217 e. The fourth-order valence-corrected chi connectivity index (χ4v) is 5.54. The summed E-state index contributed by atoms with van der Waals surface area (Å²) in [5, 5.41) is 33.0. The minimum Gasteiger partial charge on any atom is -0.508 e. The van der Waals surface area contributed by atoms with Crippen molar-refractivity contribution in [1.82, 2.24) is 10.2 Å². The number of rotatable bonds is 11. The average molecular weight is 597 g/mol. The Hall–Kier alpha value is -4.05. The number of hydrogen-bond acceptors (Lipinski definition) is 7. The number of aliphatic hydroxyl groups excluding tert-OH is 2. The zero-order chi connectivity index (χ0) is 31.1. The van der Waals surface area contributed by atoms with Crippen LogP contribution in [0.4, 0.5) is 0 Å². The third kappa shape index (κ3) is 8.31. The number of carbonyl (C=O) groups is 1. The minimum atomic E-state index is -0.761. The zero-order valence-corrected chi connectivity index (χ0v) is 25.1. The van der Waals surface area contributed by atoms with E-state index in [1.807, 2.05) is 72.6 Å². The molecule has 0 radical (unpaired) electrons. The van der Waals surface area contributed by atoms with Gasteiger partial charge in [-0.25, -0.2) is 0 Å². The highest BCUT2D eigenvalue weighted by molar-refractivity contribution is 5.73. The summed E-state index contributed by atoms with van der Waals surface area (Å²) < 4.78 is 13.1. The number of benzene rings is 4. The summed E-state index contributed by atoms with van der Waals surface area (Å²) in [5.74, 6) is 0.0511. The highest BCUT2D eigenvalue weighted by Gasteiger charge is 2.33. The van der Waals surface area contributed by atoms with E-state index in [9.17, 15) is 20.1 Å². The largest absolute Gasteiger partial charge is 0.508 e. The maximum absolute atomic E-state index is 11.4. The average Bonchev–Trinajstić information content (AvgIpc) is 3.04. The molecular formula is C36H40N2O6. The van der Waals surface area contributed by atoms with E-state index >= 15 is 0 Å². The van der Waals surface area contributed by atoms with Gasteiger partial charge in [-0.1, -0.05) is 72.8 Å². The van der Waals surface area contributed by atoms with Crippen LogP contribution in [0.3, 0.4) is 0 Å². The van der Waals surface area contributed by atoms with Gasteiger partial charge in [0.1, 0.15) is 5.75 Å². The second-order valence-corrected chi connectivity index (χ2v) is 11.4. The monoisotopic (exact) mass is 596 g/mol. The highest BCUT2D eigenvalue weighted by atomic mass is 16.7. The van der Waals surface area contributed by atoms with E-state index in [2.05, 4.69) is 17.4 Å². The Kier molecular flexibility index (Phi) is 10.4. The highest BCUT2D eigenvalue weighted by Crippen LogP contribution is 2.39. The summed E-state index contributed by atoms with van der Waals surface area (Å²) >= 11 is 0. The number of phenolic OH excluding ortho intramolecular Hbond substituents is 1. The molecule has 230 valence electrons. The third-order valence-electron chi connectivity index (χ3n) is 7.83. The first-order valence-corrected chi connectivity index (χ1v) is 14.9. The molecule has 5 rings (SSSR count). The van der Waals surface area contributed by atoms with Crippen LogP contribution in [-0.2, 0) is 27.4 Å². The Bertz CT molecular complexity index is 1540. The van der Waals surface area contributed by atoms with Gasteiger partial charge in [-0.2, -0.15) is 0 Å². The van der Waals surface area contributed by atoms with Crippen molar-refractivity contribution in [3.8, 4) is 16.9 Å². The standard InChI is InChI=1S/C36H40N2O6/c1-24(40)37-20-26-6-3-7-28(16-26)29-8-4-10-31(17-29)36-43-33(19-35(44-36)27-14-12-25(23-39)13-15-27)21-38(2)22-34(42)30-9-5-11-32(41)18-30/h3-18,33-36,39,41-42H,19-23H2,1-2H3,(H,37,40)/t33-,34+,35+,36+/m0/s1. The molecule has 8 nitrogen and oxygen atoms in total. The third-order valence-corrected chi connectivity index (χ3v) is 7.83. The molecule has 44 heavy (non-hydrogen) atoms. The lowest BCUT2D eigenvalue weighted by atomic mass is 9.98. The van der Waals surface area contributed by atoms with Gasteiger partial charge in [0.25, 0.3) is 0 Å². The molecule has 4 atom stereocenters. The summed E-state index contributed by atoms with van der Waals surface area (Å²) in [6.45, 7) is 2.88. The Morgan fingerprint density at radius 2 is 1.64 bits per heavy atom. The second-order valence-electron chi connectivity index (χ2n) is 11.4. The first-order chi connectivity index (χ1) is 21.3. The van der Waals surface area contributed by atoms with Crippen LogP contribution in [-0.4, -0.2) is 52.4 Å². The van der Waals surface area contributed by atoms with Gasteiger partial charge in [-0.05, 0) is 64.7 Å². The van der Waals surface area contributed by atoms with E-state index in [0.717, 1.165) is 33.4 Å². The molecule has 1 aliphatic rings. The molecule has 0 unspecified atom stereocenters. The molecule has 4 aromatic rings. The predicted molar refractivity (Wildman–Crippen MR) is 168 cm³/mol. The molecule has 0 aliphatic carbocycles. The molecule has 8 heteroatoms. The Labute approximate surface area is 258 Å². The molecule has 1 heterocycles. The molecule has 0 aromatic heterocycles. The minimum absolute atomic E-state index is 0.0225. The Balaban J connectivity index is 1.36. The van der Waals surface area contributed by atoms with Gasteiger partial charge < -0.3 is 35.0 Å². The van der Waals surface area contributed by atoms with Crippen LogP contribution in [0, 0.1) is 0 Å². The first kappa shape index (κ1) is 31.4. The molecule has 1 fully saturated rings. The van der Waals surface area contributed by atoms with E-state index in [1.54, 1.807) is 24.3 Å². The maximum atomic E-state index is 11.4. The van der Waals surface area contributed by atoms with Crippen molar-refractivity contribution >= 4 is 5.91 Å².